The van der Waals surface area contributed by atoms with Gasteiger partial charge in [0.05, 0.1) is 0 Å². The third kappa shape index (κ3) is 6.55. The van der Waals surface area contributed by atoms with E-state index in [0.29, 0.717) is 12.0 Å². The average Bonchev–Trinajstić information content (AvgIpc) is 2.45. The van der Waals surface area contributed by atoms with Crippen LogP contribution in [0, 0.1) is 11.8 Å². The highest BCUT2D eigenvalue weighted by Gasteiger charge is 2.27. The highest BCUT2D eigenvalue weighted by molar-refractivity contribution is 5.68. The van der Waals surface area contributed by atoms with Crippen LogP contribution in [-0.4, -0.2) is 42.3 Å². The molecule has 0 saturated carbocycles. The molecule has 1 aliphatic rings. The first-order valence-electron chi connectivity index (χ1n) is 8.98. The molecule has 0 bridgehead atoms. The van der Waals surface area contributed by atoms with E-state index in [1.807, 2.05) is 25.7 Å². The molecule has 1 fully saturated rings. The first kappa shape index (κ1) is 19.3. The minimum atomic E-state index is -0.403. The zero-order chi connectivity index (χ0) is 16.8. The summed E-state index contributed by atoms with van der Waals surface area (Å²) < 4.78 is 5.44. The second-order valence-corrected chi connectivity index (χ2v) is 7.68. The number of hydrogen-bond acceptors (Lipinski definition) is 3. The Morgan fingerprint density at radius 3 is 2.23 bits per heavy atom. The molecule has 0 radical (unpaired) electrons. The molecule has 4 heteroatoms. The van der Waals surface area contributed by atoms with Crippen molar-refractivity contribution in [2.24, 2.45) is 11.8 Å². The van der Waals surface area contributed by atoms with Gasteiger partial charge < -0.3 is 15.0 Å². The Hall–Kier alpha value is -0.770. The molecule has 1 aliphatic heterocycles. The van der Waals surface area contributed by atoms with Gasteiger partial charge in [0.15, 0.2) is 0 Å². The lowest BCUT2D eigenvalue weighted by Gasteiger charge is -2.34. The minimum Gasteiger partial charge on any atom is -0.444 e. The molecule has 0 aromatic carbocycles. The molecule has 1 N–H and O–H groups in total. The average molecular weight is 312 g/mol. The molecule has 1 heterocycles. The number of amides is 1. The fourth-order valence-corrected chi connectivity index (χ4v) is 3.16. The van der Waals surface area contributed by atoms with Crippen LogP contribution < -0.4 is 5.32 Å². The van der Waals surface area contributed by atoms with Gasteiger partial charge in [-0.15, -0.1) is 0 Å². The summed E-state index contributed by atoms with van der Waals surface area (Å²) in [6.07, 6.45) is 4.46. The lowest BCUT2D eigenvalue weighted by atomic mass is 9.93. The summed E-state index contributed by atoms with van der Waals surface area (Å²) in [6.45, 7) is 15.3. The van der Waals surface area contributed by atoms with Crippen LogP contribution in [0.3, 0.4) is 0 Å². The Bertz CT molecular complexity index is 326. The molecule has 0 aromatic heterocycles. The molecule has 4 nitrogen and oxygen atoms in total. The number of carbonyl (C=O) groups excluding carboxylic acids is 1. The van der Waals surface area contributed by atoms with Crippen molar-refractivity contribution in [3.63, 3.8) is 0 Å². The summed E-state index contributed by atoms with van der Waals surface area (Å²) in [6, 6.07) is 0.582. The predicted octanol–water partition coefficient (Wildman–Crippen LogP) is 4.05. The van der Waals surface area contributed by atoms with Gasteiger partial charge in [-0.25, -0.2) is 4.79 Å². The van der Waals surface area contributed by atoms with Crippen LogP contribution >= 0.6 is 0 Å². The minimum absolute atomic E-state index is 0.163. The molecule has 0 aromatic rings. The van der Waals surface area contributed by atoms with Gasteiger partial charge in [-0.1, -0.05) is 26.7 Å². The lowest BCUT2D eigenvalue weighted by molar-refractivity contribution is 0.0183. The van der Waals surface area contributed by atoms with Crippen LogP contribution in [0.25, 0.3) is 0 Å². The zero-order valence-electron chi connectivity index (χ0n) is 15.4. The molecule has 0 spiro atoms. The number of likely N-dealkylation sites (tertiary alicyclic amines) is 1. The summed E-state index contributed by atoms with van der Waals surface area (Å²) in [7, 11) is 0. The molecule has 1 saturated heterocycles. The molecule has 1 unspecified atom stereocenters. The molecular formula is C18H36N2O2. The predicted molar refractivity (Wildman–Crippen MR) is 92.1 cm³/mol. The standard InChI is InChI=1S/C18H36N2O2/c1-7-16(8-2)14(3)19-13-15-9-11-20(12-10-15)17(21)22-18(4,5)6/h14-16,19H,7-13H2,1-6H3. The summed E-state index contributed by atoms with van der Waals surface area (Å²) >= 11 is 0. The van der Waals surface area contributed by atoms with Gasteiger partial charge in [0.1, 0.15) is 5.60 Å². The lowest BCUT2D eigenvalue weighted by Crippen LogP contribution is -2.44. The van der Waals surface area contributed by atoms with Crippen molar-refractivity contribution in [2.75, 3.05) is 19.6 Å². The number of rotatable bonds is 6. The molecule has 1 atom stereocenters. The monoisotopic (exact) mass is 312 g/mol. The van der Waals surface area contributed by atoms with Gasteiger partial charge in [0.2, 0.25) is 0 Å². The topological polar surface area (TPSA) is 41.6 Å². The van der Waals surface area contributed by atoms with E-state index in [1.165, 1.54) is 12.8 Å². The van der Waals surface area contributed by atoms with E-state index in [1.54, 1.807) is 0 Å². The number of hydrogen-bond donors (Lipinski definition) is 1. The van der Waals surface area contributed by atoms with Crippen LogP contribution in [0.5, 0.6) is 0 Å². The van der Waals surface area contributed by atoms with Crippen LogP contribution in [0.4, 0.5) is 4.79 Å². The number of carbonyl (C=O) groups is 1. The van der Waals surface area contributed by atoms with Crippen molar-refractivity contribution in [1.29, 1.82) is 0 Å². The summed E-state index contributed by atoms with van der Waals surface area (Å²) in [5.74, 6) is 1.44. The van der Waals surface area contributed by atoms with Crippen LogP contribution in [0.1, 0.15) is 67.2 Å². The quantitative estimate of drug-likeness (QED) is 0.804. The normalized spacial score (nSPS) is 18.6. The van der Waals surface area contributed by atoms with Crippen LogP contribution in [0.15, 0.2) is 0 Å². The number of nitrogens with zero attached hydrogens (tertiary/aromatic N) is 1. The van der Waals surface area contributed by atoms with Gasteiger partial charge in [-0.3, -0.25) is 0 Å². The molecule has 1 rings (SSSR count). The molecule has 130 valence electrons. The number of piperidine rings is 1. The first-order valence-corrected chi connectivity index (χ1v) is 8.98. The van der Waals surface area contributed by atoms with Crippen molar-refractivity contribution < 1.29 is 9.53 Å². The van der Waals surface area contributed by atoms with Crippen molar-refractivity contribution in [3.8, 4) is 0 Å². The fraction of sp³-hybridized carbons (Fsp3) is 0.944. The zero-order valence-corrected chi connectivity index (χ0v) is 15.4. The smallest absolute Gasteiger partial charge is 0.410 e. The van der Waals surface area contributed by atoms with Gasteiger partial charge in [0, 0.05) is 19.1 Å². The molecule has 0 aliphatic carbocycles. The Morgan fingerprint density at radius 1 is 1.23 bits per heavy atom. The van der Waals surface area contributed by atoms with E-state index in [9.17, 15) is 4.79 Å². The van der Waals surface area contributed by atoms with E-state index in [4.69, 9.17) is 4.74 Å². The maximum atomic E-state index is 12.0. The van der Waals surface area contributed by atoms with Crippen LogP contribution in [-0.2, 0) is 4.74 Å². The van der Waals surface area contributed by atoms with E-state index in [2.05, 4.69) is 26.1 Å². The van der Waals surface area contributed by atoms with E-state index >= 15 is 0 Å². The molecule has 22 heavy (non-hydrogen) atoms. The largest absolute Gasteiger partial charge is 0.444 e. The third-order valence-electron chi connectivity index (χ3n) is 4.75. The Kier molecular flexibility index (Phi) is 7.67. The summed E-state index contributed by atoms with van der Waals surface area (Å²) in [5.41, 5.74) is -0.403. The highest BCUT2D eigenvalue weighted by Crippen LogP contribution is 2.20. The maximum Gasteiger partial charge on any atom is 0.410 e. The number of nitrogens with one attached hydrogen (secondary N) is 1. The second-order valence-electron chi connectivity index (χ2n) is 7.68. The van der Waals surface area contributed by atoms with Crippen molar-refractivity contribution in [2.45, 2.75) is 78.9 Å². The van der Waals surface area contributed by atoms with Gasteiger partial charge in [-0.2, -0.15) is 0 Å². The van der Waals surface area contributed by atoms with Gasteiger partial charge in [0.25, 0.3) is 0 Å². The van der Waals surface area contributed by atoms with Crippen LogP contribution in [0.2, 0.25) is 0 Å². The van der Waals surface area contributed by atoms with Gasteiger partial charge in [-0.05, 0) is 58.9 Å². The second kappa shape index (κ2) is 8.76. The molecule has 1 amide bonds. The van der Waals surface area contributed by atoms with Crippen molar-refractivity contribution >= 4 is 6.09 Å². The number of ether oxygens (including phenoxy) is 1. The maximum absolute atomic E-state index is 12.0. The fourth-order valence-electron chi connectivity index (χ4n) is 3.16. The van der Waals surface area contributed by atoms with Crippen molar-refractivity contribution in [1.82, 2.24) is 10.2 Å². The van der Waals surface area contributed by atoms with Gasteiger partial charge >= 0.3 is 6.09 Å². The summed E-state index contributed by atoms with van der Waals surface area (Å²) in [5, 5.41) is 3.70. The van der Waals surface area contributed by atoms with E-state index in [0.717, 1.165) is 38.4 Å². The molecular weight excluding hydrogens is 276 g/mol. The van der Waals surface area contributed by atoms with E-state index in [-0.39, 0.29) is 6.09 Å². The Labute approximate surface area is 137 Å². The summed E-state index contributed by atoms with van der Waals surface area (Å²) in [4.78, 5) is 13.9. The Morgan fingerprint density at radius 2 is 1.77 bits per heavy atom. The third-order valence-corrected chi connectivity index (χ3v) is 4.75. The van der Waals surface area contributed by atoms with Crippen molar-refractivity contribution in [3.05, 3.63) is 0 Å². The Balaban J connectivity index is 2.29. The van der Waals surface area contributed by atoms with E-state index < -0.39 is 5.60 Å². The SMILES string of the molecule is CCC(CC)C(C)NCC1CCN(C(=O)OC(C)(C)C)CC1. The highest BCUT2D eigenvalue weighted by atomic mass is 16.6. The first-order chi connectivity index (χ1) is 10.3.